The number of hydroxylamine groups is 1. The first-order valence-corrected chi connectivity index (χ1v) is 11.2. The number of non-ortho nitro benzene ring substituents is 1. The summed E-state index contributed by atoms with van der Waals surface area (Å²) in [7, 11) is 3.84. The van der Waals surface area contributed by atoms with Gasteiger partial charge in [-0.1, -0.05) is 29.8 Å². The van der Waals surface area contributed by atoms with Crippen LogP contribution in [0.25, 0.3) is 0 Å². The predicted molar refractivity (Wildman–Crippen MR) is 131 cm³/mol. The van der Waals surface area contributed by atoms with Crippen molar-refractivity contribution >= 4 is 46.2 Å². The van der Waals surface area contributed by atoms with Crippen LogP contribution in [0.5, 0.6) is 0 Å². The summed E-state index contributed by atoms with van der Waals surface area (Å²) in [5.41, 5.74) is 2.38. The van der Waals surface area contributed by atoms with Crippen molar-refractivity contribution in [2.45, 2.75) is 12.1 Å². The summed E-state index contributed by atoms with van der Waals surface area (Å²) in [6.45, 7) is 0. The van der Waals surface area contributed by atoms with Crippen molar-refractivity contribution < 1.29 is 19.3 Å². The third-order valence-electron chi connectivity index (χ3n) is 6.25. The first kappa shape index (κ1) is 22.8. The minimum Gasteiger partial charge on any atom is -0.378 e. The molecule has 3 aromatic rings. The summed E-state index contributed by atoms with van der Waals surface area (Å²) in [5, 5.41) is 13.3. The number of nitro benzene ring substituents is 1. The van der Waals surface area contributed by atoms with E-state index in [1.54, 1.807) is 36.4 Å². The van der Waals surface area contributed by atoms with Crippen LogP contribution in [0, 0.1) is 16.0 Å². The SMILES string of the molecule is CN(C)c1ccc([C@@H]2[C@H]3C(=O)N(c4ccc(Cl)cc4)C(=O)[C@H]3ON2c2cccc([N+](=O)[O-])c2)cc1. The Morgan fingerprint density at radius 3 is 2.26 bits per heavy atom. The Morgan fingerprint density at radius 2 is 1.63 bits per heavy atom. The molecule has 0 spiro atoms. The normalized spacial score (nSPS) is 21.4. The Morgan fingerprint density at radius 1 is 0.943 bits per heavy atom. The van der Waals surface area contributed by atoms with E-state index in [1.807, 2.05) is 43.3 Å². The summed E-state index contributed by atoms with van der Waals surface area (Å²) < 4.78 is 0. The fraction of sp³-hybridized carbons (Fsp3) is 0.200. The zero-order valence-electron chi connectivity index (χ0n) is 18.9. The van der Waals surface area contributed by atoms with E-state index in [1.165, 1.54) is 17.2 Å². The lowest BCUT2D eigenvalue weighted by Crippen LogP contribution is -2.37. The van der Waals surface area contributed by atoms with Gasteiger partial charge < -0.3 is 4.90 Å². The molecule has 0 N–H and O–H groups in total. The number of amides is 2. The molecule has 0 saturated carbocycles. The van der Waals surface area contributed by atoms with Crippen molar-refractivity contribution in [2.75, 3.05) is 29.0 Å². The maximum atomic E-state index is 13.6. The molecule has 2 saturated heterocycles. The number of anilines is 3. The third-order valence-corrected chi connectivity index (χ3v) is 6.50. The number of rotatable bonds is 5. The molecule has 9 nitrogen and oxygen atoms in total. The number of nitro groups is 1. The van der Waals surface area contributed by atoms with Crippen molar-refractivity contribution in [3.63, 3.8) is 0 Å². The second kappa shape index (κ2) is 8.68. The van der Waals surface area contributed by atoms with Crippen LogP contribution in [-0.2, 0) is 14.4 Å². The molecule has 2 heterocycles. The fourth-order valence-corrected chi connectivity index (χ4v) is 4.66. The second-order valence-corrected chi connectivity index (χ2v) is 9.01. The molecule has 2 amide bonds. The quantitative estimate of drug-likeness (QED) is 0.296. The van der Waals surface area contributed by atoms with Gasteiger partial charge in [-0.2, -0.15) is 0 Å². The number of carbonyl (C=O) groups is 2. The molecule has 0 aromatic heterocycles. The number of halogens is 1. The summed E-state index contributed by atoms with van der Waals surface area (Å²) in [4.78, 5) is 47.0. The number of fused-ring (bicyclic) bond motifs is 1. The Bertz CT molecular complexity index is 1310. The van der Waals surface area contributed by atoms with Crippen molar-refractivity contribution in [1.29, 1.82) is 0 Å². The van der Waals surface area contributed by atoms with Crippen LogP contribution in [0.1, 0.15) is 11.6 Å². The molecule has 5 rings (SSSR count). The number of hydrogen-bond donors (Lipinski definition) is 0. The maximum absolute atomic E-state index is 13.6. The molecular formula is C25H21ClN4O5. The van der Waals surface area contributed by atoms with Gasteiger partial charge in [0.15, 0.2) is 6.10 Å². The zero-order valence-corrected chi connectivity index (χ0v) is 19.6. The highest BCUT2D eigenvalue weighted by Gasteiger charge is 2.60. The number of imide groups is 1. The van der Waals surface area contributed by atoms with Crippen molar-refractivity contribution in [3.05, 3.63) is 93.5 Å². The molecule has 2 aliphatic rings. The zero-order chi connectivity index (χ0) is 24.9. The van der Waals surface area contributed by atoms with Crippen LogP contribution in [0.15, 0.2) is 72.8 Å². The molecule has 3 aromatic carbocycles. The van der Waals surface area contributed by atoms with Crippen molar-refractivity contribution in [1.82, 2.24) is 0 Å². The Hall–Kier alpha value is -3.95. The highest BCUT2D eigenvalue weighted by Crippen LogP contribution is 2.48. The first-order chi connectivity index (χ1) is 16.8. The molecule has 3 atom stereocenters. The third kappa shape index (κ3) is 3.88. The molecule has 0 unspecified atom stereocenters. The smallest absolute Gasteiger partial charge is 0.271 e. The molecule has 35 heavy (non-hydrogen) atoms. The van der Waals surface area contributed by atoms with E-state index >= 15 is 0 Å². The lowest BCUT2D eigenvalue weighted by atomic mass is 9.90. The number of hydrogen-bond acceptors (Lipinski definition) is 7. The van der Waals surface area contributed by atoms with E-state index in [9.17, 15) is 19.7 Å². The van der Waals surface area contributed by atoms with Crippen LogP contribution in [-0.4, -0.2) is 36.9 Å². The highest BCUT2D eigenvalue weighted by atomic mass is 35.5. The van der Waals surface area contributed by atoms with E-state index in [4.69, 9.17) is 16.4 Å². The van der Waals surface area contributed by atoms with Gasteiger partial charge in [-0.05, 0) is 48.0 Å². The molecule has 178 valence electrons. The van der Waals surface area contributed by atoms with Crippen molar-refractivity contribution in [3.8, 4) is 0 Å². The lowest BCUT2D eigenvalue weighted by Gasteiger charge is -2.29. The van der Waals surface area contributed by atoms with Gasteiger partial charge in [-0.3, -0.25) is 24.5 Å². The van der Waals surface area contributed by atoms with Gasteiger partial charge in [0.1, 0.15) is 5.92 Å². The number of nitrogens with zero attached hydrogens (tertiary/aromatic N) is 4. The van der Waals surface area contributed by atoms with E-state index in [-0.39, 0.29) is 5.69 Å². The molecule has 2 fully saturated rings. The van der Waals surface area contributed by atoms with Crippen LogP contribution < -0.4 is 14.9 Å². The fourth-order valence-electron chi connectivity index (χ4n) is 4.54. The largest absolute Gasteiger partial charge is 0.378 e. The van der Waals surface area contributed by atoms with E-state index in [0.717, 1.165) is 16.2 Å². The van der Waals surface area contributed by atoms with Crippen LogP contribution in [0.2, 0.25) is 5.02 Å². The average Bonchev–Trinajstić information content (AvgIpc) is 3.36. The summed E-state index contributed by atoms with van der Waals surface area (Å²) in [5.74, 6) is -1.75. The molecule has 0 bridgehead atoms. The maximum Gasteiger partial charge on any atom is 0.271 e. The van der Waals surface area contributed by atoms with Crippen molar-refractivity contribution in [2.24, 2.45) is 5.92 Å². The van der Waals surface area contributed by atoms with Crippen LogP contribution in [0.4, 0.5) is 22.7 Å². The minimum atomic E-state index is -1.07. The van der Waals surface area contributed by atoms with Gasteiger partial charge in [-0.25, -0.2) is 9.96 Å². The van der Waals surface area contributed by atoms with Gasteiger partial charge in [0, 0.05) is 36.9 Å². The second-order valence-electron chi connectivity index (χ2n) is 8.57. The monoisotopic (exact) mass is 492 g/mol. The van der Waals surface area contributed by atoms with Crippen LogP contribution >= 0.6 is 11.6 Å². The minimum absolute atomic E-state index is 0.120. The topological polar surface area (TPSA) is 96.2 Å². The van der Waals surface area contributed by atoms with Crippen LogP contribution in [0.3, 0.4) is 0 Å². The first-order valence-electron chi connectivity index (χ1n) is 10.9. The highest BCUT2D eigenvalue weighted by molar-refractivity contribution is 6.31. The molecule has 2 aliphatic heterocycles. The molecule has 0 radical (unpaired) electrons. The summed E-state index contributed by atoms with van der Waals surface area (Å²) in [6, 6.07) is 19.3. The molecule has 10 heteroatoms. The molecule has 0 aliphatic carbocycles. The Kier molecular flexibility index (Phi) is 5.66. The standard InChI is InChI=1S/C25H21ClN4O5/c1-27(2)17-10-6-15(7-11-17)22-21-23(35-29(22)19-4-3-5-20(14-19)30(33)34)25(32)28(24(21)31)18-12-8-16(26)9-13-18/h3-14,21-23H,1-2H3/t21-,22-,23+/m1/s1. The van der Waals surface area contributed by atoms with Gasteiger partial charge in [0.25, 0.3) is 11.6 Å². The van der Waals surface area contributed by atoms with Gasteiger partial charge in [0.2, 0.25) is 5.91 Å². The predicted octanol–water partition coefficient (Wildman–Crippen LogP) is 4.37. The summed E-state index contributed by atoms with van der Waals surface area (Å²) >= 11 is 5.98. The lowest BCUT2D eigenvalue weighted by molar-refractivity contribution is -0.384. The summed E-state index contributed by atoms with van der Waals surface area (Å²) in [6.07, 6.45) is -1.07. The number of benzene rings is 3. The van der Waals surface area contributed by atoms with Gasteiger partial charge in [-0.15, -0.1) is 0 Å². The Labute approximate surface area is 206 Å². The molecular weight excluding hydrogens is 472 g/mol. The van der Waals surface area contributed by atoms with E-state index < -0.39 is 34.8 Å². The van der Waals surface area contributed by atoms with E-state index in [0.29, 0.717) is 16.4 Å². The van der Waals surface area contributed by atoms with Gasteiger partial charge >= 0.3 is 0 Å². The van der Waals surface area contributed by atoms with Gasteiger partial charge in [0.05, 0.1) is 22.3 Å². The van der Waals surface area contributed by atoms with E-state index in [2.05, 4.69) is 0 Å². The Balaban J connectivity index is 1.58. The number of carbonyl (C=O) groups excluding carboxylic acids is 2. The average molecular weight is 493 g/mol.